The summed E-state index contributed by atoms with van der Waals surface area (Å²) in [4.78, 5) is 14.0. The van der Waals surface area contributed by atoms with Gasteiger partial charge in [-0.05, 0) is 29.3 Å². The maximum Gasteiger partial charge on any atom is 0.214 e. The van der Waals surface area contributed by atoms with Crippen LogP contribution in [-0.4, -0.2) is 16.5 Å². The molecule has 2 aromatic carbocycles. The van der Waals surface area contributed by atoms with Crippen LogP contribution in [0.2, 0.25) is 0 Å². The average Bonchev–Trinajstić information content (AvgIpc) is 2.89. The summed E-state index contributed by atoms with van der Waals surface area (Å²) in [6.45, 7) is -0.122. The Morgan fingerprint density at radius 2 is 1.86 bits per heavy atom. The van der Waals surface area contributed by atoms with Crippen molar-refractivity contribution in [2.75, 3.05) is 6.54 Å². The summed E-state index contributed by atoms with van der Waals surface area (Å²) in [5.41, 5.74) is 2.90. The molecule has 3 rings (SSSR count). The third-order valence-electron chi connectivity index (χ3n) is 3.60. The third kappa shape index (κ3) is 2.83. The van der Waals surface area contributed by atoms with Gasteiger partial charge in [-0.25, -0.2) is 0 Å². The zero-order valence-corrected chi connectivity index (χ0v) is 12.7. The molecule has 0 saturated carbocycles. The van der Waals surface area contributed by atoms with E-state index in [2.05, 4.69) is 20.9 Å². The second kappa shape index (κ2) is 5.69. The van der Waals surface area contributed by atoms with E-state index in [-0.39, 0.29) is 17.4 Å². The minimum atomic E-state index is -0.260. The molecular formula is C16H13BrN2O2. The highest BCUT2D eigenvalue weighted by Gasteiger charge is 2.23. The number of para-hydroxylation sites is 1. The summed E-state index contributed by atoms with van der Waals surface area (Å²) in [6, 6.07) is 15.6. The van der Waals surface area contributed by atoms with Gasteiger partial charge in [0.2, 0.25) is 6.54 Å². The van der Waals surface area contributed by atoms with Crippen molar-refractivity contribution in [2.24, 2.45) is 0 Å². The fraction of sp³-hybridized carbons (Fsp3) is 0.125. The van der Waals surface area contributed by atoms with Crippen LogP contribution in [0.1, 0.15) is 17.0 Å². The Morgan fingerprint density at radius 1 is 1.14 bits per heavy atom. The Bertz CT molecular complexity index is 780. The van der Waals surface area contributed by atoms with E-state index >= 15 is 0 Å². The van der Waals surface area contributed by atoms with Gasteiger partial charge in [0, 0.05) is 26.5 Å². The number of fused-ring (bicyclic) bond motifs is 1. The molecule has 1 unspecified atom stereocenters. The highest BCUT2D eigenvalue weighted by atomic mass is 79.9. The molecule has 1 heterocycles. The van der Waals surface area contributed by atoms with Crippen molar-refractivity contribution >= 4 is 26.8 Å². The SMILES string of the molecule is O=[N+]([O-])CC(c1ccc(Br)cc1)c1c[nH]c2ccccc12. The number of H-pyrrole nitrogens is 1. The Morgan fingerprint density at radius 3 is 2.57 bits per heavy atom. The van der Waals surface area contributed by atoms with Crippen LogP contribution in [0.5, 0.6) is 0 Å². The van der Waals surface area contributed by atoms with Gasteiger partial charge in [0.15, 0.2) is 0 Å². The van der Waals surface area contributed by atoms with Crippen molar-refractivity contribution in [3.05, 3.63) is 80.4 Å². The molecule has 5 heteroatoms. The van der Waals surface area contributed by atoms with Crippen LogP contribution in [0.4, 0.5) is 0 Å². The summed E-state index contributed by atoms with van der Waals surface area (Å²) in [5, 5.41) is 12.1. The number of hydrogen-bond acceptors (Lipinski definition) is 2. The lowest BCUT2D eigenvalue weighted by Crippen LogP contribution is -2.13. The number of benzene rings is 2. The second-order valence-corrected chi connectivity index (χ2v) is 5.82. The van der Waals surface area contributed by atoms with Crippen molar-refractivity contribution in [1.29, 1.82) is 0 Å². The molecule has 21 heavy (non-hydrogen) atoms. The van der Waals surface area contributed by atoms with E-state index in [0.717, 1.165) is 26.5 Å². The van der Waals surface area contributed by atoms with Gasteiger partial charge >= 0.3 is 0 Å². The van der Waals surface area contributed by atoms with Crippen LogP contribution >= 0.6 is 15.9 Å². The van der Waals surface area contributed by atoms with Crippen LogP contribution in [-0.2, 0) is 0 Å². The fourth-order valence-corrected chi connectivity index (χ4v) is 2.87. The first kappa shape index (κ1) is 13.8. The number of nitrogens with zero attached hydrogens (tertiary/aromatic N) is 1. The van der Waals surface area contributed by atoms with Gasteiger partial charge in [0.1, 0.15) is 0 Å². The molecule has 1 N–H and O–H groups in total. The van der Waals surface area contributed by atoms with Crippen LogP contribution in [0.25, 0.3) is 10.9 Å². The van der Waals surface area contributed by atoms with Gasteiger partial charge in [-0.15, -0.1) is 0 Å². The zero-order valence-electron chi connectivity index (χ0n) is 11.1. The molecule has 0 bridgehead atoms. The monoisotopic (exact) mass is 344 g/mol. The number of nitro groups is 1. The standard InChI is InChI=1S/C16H13BrN2O2/c17-12-7-5-11(6-8-12)15(10-19(20)21)14-9-18-16-4-2-1-3-13(14)16/h1-9,15,18H,10H2. The number of aromatic amines is 1. The lowest BCUT2D eigenvalue weighted by molar-refractivity contribution is -0.481. The van der Waals surface area contributed by atoms with E-state index < -0.39 is 0 Å². The van der Waals surface area contributed by atoms with Crippen molar-refractivity contribution < 1.29 is 4.92 Å². The number of aromatic nitrogens is 1. The summed E-state index contributed by atoms with van der Waals surface area (Å²) in [7, 11) is 0. The molecule has 0 aliphatic heterocycles. The maximum atomic E-state index is 11.1. The molecular weight excluding hydrogens is 332 g/mol. The molecule has 1 aromatic heterocycles. The van der Waals surface area contributed by atoms with Gasteiger partial charge in [-0.1, -0.05) is 46.3 Å². The first-order chi connectivity index (χ1) is 10.1. The van der Waals surface area contributed by atoms with Crippen molar-refractivity contribution in [1.82, 2.24) is 4.98 Å². The van der Waals surface area contributed by atoms with Crippen LogP contribution in [0, 0.1) is 10.1 Å². The molecule has 3 aromatic rings. The smallest absolute Gasteiger partial charge is 0.214 e. The predicted octanol–water partition coefficient (Wildman–Crippen LogP) is 4.34. The topological polar surface area (TPSA) is 58.9 Å². The van der Waals surface area contributed by atoms with Crippen LogP contribution in [0.15, 0.2) is 59.2 Å². The first-order valence-electron chi connectivity index (χ1n) is 6.58. The van der Waals surface area contributed by atoms with Gasteiger partial charge in [0.05, 0.1) is 5.92 Å². The third-order valence-corrected chi connectivity index (χ3v) is 4.13. The van der Waals surface area contributed by atoms with E-state index in [0.29, 0.717) is 0 Å². The van der Waals surface area contributed by atoms with Gasteiger partial charge in [-0.3, -0.25) is 10.1 Å². The number of hydrogen-bond donors (Lipinski definition) is 1. The molecule has 0 saturated heterocycles. The lowest BCUT2D eigenvalue weighted by Gasteiger charge is -2.13. The zero-order chi connectivity index (χ0) is 14.8. The number of nitrogens with one attached hydrogen (secondary N) is 1. The second-order valence-electron chi connectivity index (χ2n) is 4.91. The van der Waals surface area contributed by atoms with Gasteiger partial charge in [-0.2, -0.15) is 0 Å². The molecule has 0 fully saturated rings. The van der Waals surface area contributed by atoms with Gasteiger partial charge in [0.25, 0.3) is 0 Å². The number of rotatable bonds is 4. The molecule has 0 radical (unpaired) electrons. The minimum absolute atomic E-state index is 0.122. The van der Waals surface area contributed by atoms with E-state index in [4.69, 9.17) is 0 Å². The molecule has 4 nitrogen and oxygen atoms in total. The molecule has 0 aliphatic carbocycles. The van der Waals surface area contributed by atoms with Crippen LogP contribution < -0.4 is 0 Å². The lowest BCUT2D eigenvalue weighted by atomic mass is 9.91. The summed E-state index contributed by atoms with van der Waals surface area (Å²) in [5.74, 6) is -0.260. The average molecular weight is 345 g/mol. The normalized spacial score (nSPS) is 12.4. The van der Waals surface area contributed by atoms with Gasteiger partial charge < -0.3 is 4.98 Å². The highest BCUT2D eigenvalue weighted by Crippen LogP contribution is 2.31. The first-order valence-corrected chi connectivity index (χ1v) is 7.38. The largest absolute Gasteiger partial charge is 0.361 e. The summed E-state index contributed by atoms with van der Waals surface area (Å²) < 4.78 is 0.963. The molecule has 0 amide bonds. The Labute approximate surface area is 130 Å². The molecule has 0 aliphatic rings. The molecule has 106 valence electrons. The Kier molecular flexibility index (Phi) is 3.75. The minimum Gasteiger partial charge on any atom is -0.361 e. The predicted molar refractivity (Wildman–Crippen MR) is 86.1 cm³/mol. The van der Waals surface area contributed by atoms with Crippen molar-refractivity contribution in [3.8, 4) is 0 Å². The molecule has 0 spiro atoms. The van der Waals surface area contributed by atoms with E-state index in [1.54, 1.807) is 0 Å². The van der Waals surface area contributed by atoms with E-state index in [1.165, 1.54) is 0 Å². The number of halogens is 1. The van der Waals surface area contributed by atoms with E-state index in [9.17, 15) is 10.1 Å². The molecule has 1 atom stereocenters. The van der Waals surface area contributed by atoms with E-state index in [1.807, 2.05) is 54.7 Å². The highest BCUT2D eigenvalue weighted by molar-refractivity contribution is 9.10. The quantitative estimate of drug-likeness (QED) is 0.565. The summed E-state index contributed by atoms with van der Waals surface area (Å²) in [6.07, 6.45) is 1.88. The Balaban J connectivity index is 2.11. The van der Waals surface area contributed by atoms with Crippen molar-refractivity contribution in [3.63, 3.8) is 0 Å². The van der Waals surface area contributed by atoms with Crippen molar-refractivity contribution in [2.45, 2.75) is 5.92 Å². The fourth-order valence-electron chi connectivity index (χ4n) is 2.61. The summed E-state index contributed by atoms with van der Waals surface area (Å²) >= 11 is 3.39. The maximum absolute atomic E-state index is 11.1. The van der Waals surface area contributed by atoms with Crippen LogP contribution in [0.3, 0.4) is 0 Å². The Hall–Kier alpha value is -2.14.